The van der Waals surface area contributed by atoms with Gasteiger partial charge in [-0.1, -0.05) is 61.9 Å². The van der Waals surface area contributed by atoms with Gasteiger partial charge in [0.2, 0.25) is 21.8 Å². The first-order chi connectivity index (χ1) is 16.1. The van der Waals surface area contributed by atoms with Gasteiger partial charge in [-0.25, -0.2) is 8.42 Å². The fraction of sp³-hybridized carbons (Fsp3) is 0.462. The van der Waals surface area contributed by atoms with Gasteiger partial charge in [0, 0.05) is 12.6 Å². The maximum Gasteiger partial charge on any atom is 0.244 e. The molecule has 7 nitrogen and oxygen atoms in total. The van der Waals surface area contributed by atoms with E-state index in [-0.39, 0.29) is 18.5 Å². The molecule has 2 amide bonds. The Morgan fingerprint density at radius 2 is 1.59 bits per heavy atom. The largest absolute Gasteiger partial charge is 0.352 e. The molecule has 0 radical (unpaired) electrons. The van der Waals surface area contributed by atoms with Crippen LogP contribution in [-0.2, 0) is 26.0 Å². The van der Waals surface area contributed by atoms with Crippen molar-refractivity contribution in [2.24, 2.45) is 0 Å². The molecule has 2 aromatic rings. The van der Waals surface area contributed by atoms with Crippen LogP contribution in [-0.4, -0.2) is 56.6 Å². The number of hydrogen-bond donors (Lipinski definition) is 1. The van der Waals surface area contributed by atoms with Crippen molar-refractivity contribution in [2.75, 3.05) is 23.7 Å². The van der Waals surface area contributed by atoms with Crippen LogP contribution in [0.25, 0.3) is 0 Å². The molecule has 0 aliphatic heterocycles. The minimum absolute atomic E-state index is 0.0206. The summed E-state index contributed by atoms with van der Waals surface area (Å²) in [6, 6.07) is 16.0. The molecular formula is C26H37N3O4S. The number of benzene rings is 2. The molecule has 0 heterocycles. The van der Waals surface area contributed by atoms with Gasteiger partial charge in [0.05, 0.1) is 11.9 Å². The lowest BCUT2D eigenvalue weighted by molar-refractivity contribution is -0.139. The lowest BCUT2D eigenvalue weighted by Crippen LogP contribution is -2.54. The van der Waals surface area contributed by atoms with Gasteiger partial charge in [-0.05, 0) is 50.8 Å². The van der Waals surface area contributed by atoms with Crippen LogP contribution in [0.3, 0.4) is 0 Å². The van der Waals surface area contributed by atoms with E-state index in [2.05, 4.69) is 5.32 Å². The predicted molar refractivity (Wildman–Crippen MR) is 137 cm³/mol. The summed E-state index contributed by atoms with van der Waals surface area (Å²) in [4.78, 5) is 28.1. The van der Waals surface area contributed by atoms with Crippen molar-refractivity contribution in [2.45, 2.75) is 59.0 Å². The number of anilines is 1. The van der Waals surface area contributed by atoms with Crippen LogP contribution in [0.1, 0.15) is 44.7 Å². The van der Waals surface area contributed by atoms with Gasteiger partial charge in [0.15, 0.2) is 0 Å². The number of hydrogen-bond acceptors (Lipinski definition) is 4. The number of carbonyl (C=O) groups is 2. The molecule has 0 saturated carbocycles. The monoisotopic (exact) mass is 487 g/mol. The number of nitrogens with zero attached hydrogens (tertiary/aromatic N) is 2. The lowest BCUT2D eigenvalue weighted by Gasteiger charge is -2.33. The Morgan fingerprint density at radius 1 is 0.971 bits per heavy atom. The van der Waals surface area contributed by atoms with Crippen LogP contribution in [0.2, 0.25) is 0 Å². The van der Waals surface area contributed by atoms with E-state index in [0.717, 1.165) is 28.1 Å². The summed E-state index contributed by atoms with van der Waals surface area (Å²) in [5.41, 5.74) is 2.44. The van der Waals surface area contributed by atoms with Gasteiger partial charge in [-0.3, -0.25) is 13.9 Å². The van der Waals surface area contributed by atoms with Crippen molar-refractivity contribution in [3.8, 4) is 0 Å². The number of sulfonamides is 1. The topological polar surface area (TPSA) is 86.8 Å². The Kier molecular flexibility index (Phi) is 10.1. The molecule has 0 bridgehead atoms. The molecule has 0 saturated heterocycles. The van der Waals surface area contributed by atoms with Crippen molar-refractivity contribution < 1.29 is 18.0 Å². The highest BCUT2D eigenvalue weighted by atomic mass is 32.2. The molecule has 2 unspecified atom stereocenters. The molecule has 186 valence electrons. The van der Waals surface area contributed by atoms with E-state index in [1.54, 1.807) is 24.3 Å². The van der Waals surface area contributed by atoms with E-state index in [1.807, 2.05) is 58.0 Å². The average molecular weight is 488 g/mol. The van der Waals surface area contributed by atoms with E-state index >= 15 is 0 Å². The minimum Gasteiger partial charge on any atom is -0.352 e. The molecule has 2 rings (SSSR count). The first kappa shape index (κ1) is 27.4. The van der Waals surface area contributed by atoms with Crippen LogP contribution >= 0.6 is 0 Å². The maximum atomic E-state index is 13.6. The minimum atomic E-state index is -3.72. The highest BCUT2D eigenvalue weighted by Crippen LogP contribution is 2.19. The Hall–Kier alpha value is -2.87. The fourth-order valence-corrected chi connectivity index (χ4v) is 4.51. The second-order valence-electron chi connectivity index (χ2n) is 8.67. The molecule has 0 spiro atoms. The molecule has 34 heavy (non-hydrogen) atoms. The van der Waals surface area contributed by atoms with Gasteiger partial charge < -0.3 is 10.2 Å². The van der Waals surface area contributed by atoms with Gasteiger partial charge >= 0.3 is 0 Å². The summed E-state index contributed by atoms with van der Waals surface area (Å²) in [5.74, 6) is -0.632. The third-order valence-corrected chi connectivity index (χ3v) is 7.01. The van der Waals surface area contributed by atoms with Crippen LogP contribution < -0.4 is 9.62 Å². The van der Waals surface area contributed by atoms with E-state index < -0.39 is 22.0 Å². The Morgan fingerprint density at radius 3 is 2.12 bits per heavy atom. The molecule has 2 atom stereocenters. The lowest BCUT2D eigenvalue weighted by atomic mass is 10.1. The van der Waals surface area contributed by atoms with Crippen molar-refractivity contribution >= 4 is 27.5 Å². The van der Waals surface area contributed by atoms with Crippen molar-refractivity contribution in [1.29, 1.82) is 0 Å². The molecule has 0 aliphatic rings. The number of aryl methyl sites for hydroxylation is 1. The standard InChI is InChI=1S/C26H37N3O4S/c1-6-21(4)27-26(31)24(7-2)28(18-17-22-11-9-8-10-12-22)25(30)19-29(34(5,32)33)23-15-13-20(3)14-16-23/h8-16,21,24H,6-7,17-19H2,1-5H3,(H,27,31). The van der Waals surface area contributed by atoms with Gasteiger partial charge in [-0.15, -0.1) is 0 Å². The molecular weight excluding hydrogens is 450 g/mol. The molecule has 1 N–H and O–H groups in total. The van der Waals surface area contributed by atoms with Crippen LogP contribution in [0.5, 0.6) is 0 Å². The van der Waals surface area contributed by atoms with Crippen molar-refractivity contribution in [3.05, 3.63) is 65.7 Å². The van der Waals surface area contributed by atoms with Crippen LogP contribution in [0.15, 0.2) is 54.6 Å². The Balaban J connectivity index is 2.34. The zero-order valence-corrected chi connectivity index (χ0v) is 21.6. The first-order valence-electron chi connectivity index (χ1n) is 11.7. The summed E-state index contributed by atoms with van der Waals surface area (Å²) in [6.45, 7) is 7.61. The van der Waals surface area contributed by atoms with E-state index in [0.29, 0.717) is 25.1 Å². The second kappa shape index (κ2) is 12.6. The van der Waals surface area contributed by atoms with Gasteiger partial charge in [0.1, 0.15) is 12.6 Å². The first-order valence-corrected chi connectivity index (χ1v) is 13.6. The van der Waals surface area contributed by atoms with Crippen LogP contribution in [0.4, 0.5) is 5.69 Å². The third-order valence-electron chi connectivity index (χ3n) is 5.87. The maximum absolute atomic E-state index is 13.6. The SMILES string of the molecule is CCC(C)NC(=O)C(CC)N(CCc1ccccc1)C(=O)CN(c1ccc(C)cc1)S(C)(=O)=O. The van der Waals surface area contributed by atoms with Crippen molar-refractivity contribution in [1.82, 2.24) is 10.2 Å². The zero-order valence-electron chi connectivity index (χ0n) is 20.8. The normalized spacial score (nSPS) is 13.1. The number of carbonyl (C=O) groups excluding carboxylic acids is 2. The van der Waals surface area contributed by atoms with E-state index in [4.69, 9.17) is 0 Å². The highest BCUT2D eigenvalue weighted by molar-refractivity contribution is 7.92. The second-order valence-corrected chi connectivity index (χ2v) is 10.6. The van der Waals surface area contributed by atoms with Gasteiger partial charge in [0.25, 0.3) is 0 Å². The zero-order chi connectivity index (χ0) is 25.3. The molecule has 2 aromatic carbocycles. The van der Waals surface area contributed by atoms with E-state index in [9.17, 15) is 18.0 Å². The smallest absolute Gasteiger partial charge is 0.244 e. The number of nitrogens with one attached hydrogen (secondary N) is 1. The third kappa shape index (κ3) is 7.87. The average Bonchev–Trinajstić information content (AvgIpc) is 2.80. The molecule has 0 aliphatic carbocycles. The Bertz CT molecular complexity index is 1040. The summed E-state index contributed by atoms with van der Waals surface area (Å²) in [5, 5.41) is 2.97. The molecule has 0 fully saturated rings. The van der Waals surface area contributed by atoms with E-state index in [1.165, 1.54) is 4.90 Å². The summed E-state index contributed by atoms with van der Waals surface area (Å²) >= 11 is 0. The summed E-state index contributed by atoms with van der Waals surface area (Å²) < 4.78 is 26.3. The highest BCUT2D eigenvalue weighted by Gasteiger charge is 2.31. The number of amides is 2. The van der Waals surface area contributed by atoms with Crippen LogP contribution in [0, 0.1) is 6.92 Å². The van der Waals surface area contributed by atoms with Crippen molar-refractivity contribution in [3.63, 3.8) is 0 Å². The summed E-state index contributed by atoms with van der Waals surface area (Å²) in [7, 11) is -3.72. The number of rotatable bonds is 12. The predicted octanol–water partition coefficient (Wildman–Crippen LogP) is 3.53. The molecule has 0 aromatic heterocycles. The molecule has 8 heteroatoms. The van der Waals surface area contributed by atoms with Gasteiger partial charge in [-0.2, -0.15) is 0 Å². The summed E-state index contributed by atoms with van der Waals surface area (Å²) in [6.07, 6.45) is 2.84. The quantitative estimate of drug-likeness (QED) is 0.496. The Labute approximate surface area is 204 Å². The fourth-order valence-electron chi connectivity index (χ4n) is 3.66.